The summed E-state index contributed by atoms with van der Waals surface area (Å²) >= 11 is 0. The van der Waals surface area contributed by atoms with Gasteiger partial charge in [0.2, 0.25) is 0 Å². The molecule has 1 heterocycles. The summed E-state index contributed by atoms with van der Waals surface area (Å²) in [6.07, 6.45) is 0.339. The molecule has 1 unspecified atom stereocenters. The Morgan fingerprint density at radius 3 is 2.42 bits per heavy atom. The lowest BCUT2D eigenvalue weighted by Crippen LogP contribution is -2.44. The van der Waals surface area contributed by atoms with Crippen molar-refractivity contribution in [2.45, 2.75) is 38.7 Å². The highest BCUT2D eigenvalue weighted by molar-refractivity contribution is 5.88. The highest BCUT2D eigenvalue weighted by Crippen LogP contribution is 2.26. The van der Waals surface area contributed by atoms with Crippen LogP contribution in [0.3, 0.4) is 0 Å². The van der Waals surface area contributed by atoms with Crippen molar-refractivity contribution in [2.24, 2.45) is 5.73 Å². The van der Waals surface area contributed by atoms with E-state index < -0.39 is 0 Å². The molecule has 0 spiro atoms. The highest BCUT2D eigenvalue weighted by Gasteiger charge is 2.27. The standard InChI is InChI=1S/C15H22N2O2/c1-15(2,3)11-4-6-12(7-5-11)17-9-8-13(10-16)19-14(17)18/h4-7,13H,8-10,16H2,1-3H3. The van der Waals surface area contributed by atoms with Gasteiger partial charge in [-0.25, -0.2) is 4.79 Å². The molecule has 4 heteroatoms. The molecule has 1 aromatic rings. The molecular formula is C15H22N2O2. The summed E-state index contributed by atoms with van der Waals surface area (Å²) < 4.78 is 5.26. The van der Waals surface area contributed by atoms with Gasteiger partial charge >= 0.3 is 6.09 Å². The maximum atomic E-state index is 11.9. The molecule has 0 aromatic heterocycles. The average Bonchev–Trinajstić information content (AvgIpc) is 2.37. The summed E-state index contributed by atoms with van der Waals surface area (Å²) in [5.74, 6) is 0. The predicted molar refractivity (Wildman–Crippen MR) is 76.4 cm³/mol. The zero-order valence-electron chi connectivity index (χ0n) is 11.8. The summed E-state index contributed by atoms with van der Waals surface area (Å²) in [6.45, 7) is 7.56. The van der Waals surface area contributed by atoms with E-state index in [0.29, 0.717) is 13.1 Å². The highest BCUT2D eigenvalue weighted by atomic mass is 16.6. The van der Waals surface area contributed by atoms with Crippen LogP contribution in [-0.4, -0.2) is 25.3 Å². The number of ether oxygens (including phenoxy) is 1. The normalized spacial score (nSPS) is 20.3. The molecule has 2 N–H and O–H groups in total. The third kappa shape index (κ3) is 3.07. The molecule has 1 aliphatic rings. The Balaban J connectivity index is 2.13. The summed E-state index contributed by atoms with van der Waals surface area (Å²) in [7, 11) is 0. The molecule has 1 amide bonds. The van der Waals surface area contributed by atoms with Crippen molar-refractivity contribution < 1.29 is 9.53 Å². The molecule has 0 saturated carbocycles. The lowest BCUT2D eigenvalue weighted by Gasteiger charge is -2.31. The third-order valence-corrected chi connectivity index (χ3v) is 3.47. The van der Waals surface area contributed by atoms with Crippen LogP contribution in [0.1, 0.15) is 32.8 Å². The number of hydrogen-bond acceptors (Lipinski definition) is 3. The van der Waals surface area contributed by atoms with Crippen LogP contribution in [0.15, 0.2) is 24.3 Å². The Bertz CT molecular complexity index is 448. The topological polar surface area (TPSA) is 55.6 Å². The number of nitrogens with two attached hydrogens (primary N) is 1. The first-order valence-electron chi connectivity index (χ1n) is 6.70. The van der Waals surface area contributed by atoms with Crippen LogP contribution in [0.4, 0.5) is 10.5 Å². The van der Waals surface area contributed by atoms with Crippen molar-refractivity contribution in [3.05, 3.63) is 29.8 Å². The molecule has 2 rings (SSSR count). The van der Waals surface area contributed by atoms with Gasteiger partial charge in [0.05, 0.1) is 0 Å². The van der Waals surface area contributed by atoms with Gasteiger partial charge in [0, 0.05) is 25.2 Å². The number of rotatable bonds is 2. The molecule has 1 atom stereocenters. The van der Waals surface area contributed by atoms with Gasteiger partial charge in [-0.1, -0.05) is 32.9 Å². The van der Waals surface area contributed by atoms with Gasteiger partial charge < -0.3 is 10.5 Å². The molecule has 1 saturated heterocycles. The van der Waals surface area contributed by atoms with E-state index in [9.17, 15) is 4.79 Å². The second-order valence-corrected chi connectivity index (χ2v) is 5.98. The first-order chi connectivity index (χ1) is 8.91. The van der Waals surface area contributed by atoms with Crippen molar-refractivity contribution >= 4 is 11.8 Å². The quantitative estimate of drug-likeness (QED) is 0.891. The van der Waals surface area contributed by atoms with Crippen LogP contribution in [0.5, 0.6) is 0 Å². The van der Waals surface area contributed by atoms with Gasteiger partial charge in [0.15, 0.2) is 0 Å². The summed E-state index contributed by atoms with van der Waals surface area (Å²) in [4.78, 5) is 13.6. The molecule has 0 radical (unpaired) electrons. The van der Waals surface area contributed by atoms with E-state index >= 15 is 0 Å². The molecule has 4 nitrogen and oxygen atoms in total. The Morgan fingerprint density at radius 1 is 1.32 bits per heavy atom. The number of anilines is 1. The Morgan fingerprint density at radius 2 is 1.95 bits per heavy atom. The van der Waals surface area contributed by atoms with Crippen molar-refractivity contribution in [2.75, 3.05) is 18.0 Å². The zero-order valence-corrected chi connectivity index (χ0v) is 11.8. The minimum absolute atomic E-state index is 0.117. The van der Waals surface area contributed by atoms with Crippen molar-refractivity contribution in [3.63, 3.8) is 0 Å². The van der Waals surface area contributed by atoms with Crippen molar-refractivity contribution in [3.8, 4) is 0 Å². The third-order valence-electron chi connectivity index (χ3n) is 3.47. The van der Waals surface area contributed by atoms with E-state index in [1.54, 1.807) is 4.90 Å². The van der Waals surface area contributed by atoms with E-state index in [1.165, 1.54) is 5.56 Å². The molecule has 1 fully saturated rings. The van der Waals surface area contributed by atoms with E-state index in [1.807, 2.05) is 12.1 Å². The van der Waals surface area contributed by atoms with Crippen molar-refractivity contribution in [1.29, 1.82) is 0 Å². The lowest BCUT2D eigenvalue weighted by atomic mass is 9.87. The summed E-state index contributed by atoms with van der Waals surface area (Å²) in [5, 5.41) is 0. The first kappa shape index (κ1) is 13.9. The molecule has 1 aliphatic heterocycles. The predicted octanol–water partition coefficient (Wildman–Crippen LogP) is 2.66. The van der Waals surface area contributed by atoms with E-state index in [4.69, 9.17) is 10.5 Å². The van der Waals surface area contributed by atoms with Crippen LogP contribution < -0.4 is 10.6 Å². The second kappa shape index (κ2) is 5.21. The monoisotopic (exact) mass is 262 g/mol. The van der Waals surface area contributed by atoms with Crippen LogP contribution >= 0.6 is 0 Å². The number of carbonyl (C=O) groups excluding carboxylic acids is 1. The van der Waals surface area contributed by atoms with Gasteiger partial charge in [-0.3, -0.25) is 4.90 Å². The van der Waals surface area contributed by atoms with Crippen LogP contribution in [0.2, 0.25) is 0 Å². The maximum Gasteiger partial charge on any atom is 0.414 e. The summed E-state index contributed by atoms with van der Waals surface area (Å²) in [5.41, 5.74) is 7.77. The van der Waals surface area contributed by atoms with E-state index in [-0.39, 0.29) is 17.6 Å². The lowest BCUT2D eigenvalue weighted by molar-refractivity contribution is 0.0888. The van der Waals surface area contributed by atoms with Crippen molar-refractivity contribution in [1.82, 2.24) is 0 Å². The van der Waals surface area contributed by atoms with Crippen LogP contribution in [-0.2, 0) is 10.2 Å². The number of carbonyl (C=O) groups is 1. The minimum atomic E-state index is -0.301. The number of nitrogens with zero attached hydrogens (tertiary/aromatic N) is 1. The first-order valence-corrected chi connectivity index (χ1v) is 6.70. The largest absolute Gasteiger partial charge is 0.444 e. The number of hydrogen-bond donors (Lipinski definition) is 1. The minimum Gasteiger partial charge on any atom is -0.444 e. The number of amides is 1. The number of benzene rings is 1. The molecule has 104 valence electrons. The fraction of sp³-hybridized carbons (Fsp3) is 0.533. The van der Waals surface area contributed by atoms with Gasteiger partial charge in [-0.15, -0.1) is 0 Å². The number of cyclic esters (lactones) is 1. The maximum absolute atomic E-state index is 11.9. The second-order valence-electron chi connectivity index (χ2n) is 5.98. The molecule has 0 bridgehead atoms. The van der Waals surface area contributed by atoms with E-state index in [2.05, 4.69) is 32.9 Å². The van der Waals surface area contributed by atoms with Gasteiger partial charge in [0.25, 0.3) is 0 Å². The van der Waals surface area contributed by atoms with Crippen LogP contribution in [0, 0.1) is 0 Å². The van der Waals surface area contributed by atoms with Gasteiger partial charge in [0.1, 0.15) is 6.10 Å². The average molecular weight is 262 g/mol. The summed E-state index contributed by atoms with van der Waals surface area (Å²) in [6, 6.07) is 8.09. The molecular weight excluding hydrogens is 240 g/mol. The fourth-order valence-electron chi connectivity index (χ4n) is 2.17. The smallest absolute Gasteiger partial charge is 0.414 e. The molecule has 19 heavy (non-hydrogen) atoms. The Hall–Kier alpha value is -1.55. The molecule has 0 aliphatic carbocycles. The van der Waals surface area contributed by atoms with E-state index in [0.717, 1.165) is 12.1 Å². The van der Waals surface area contributed by atoms with Crippen LogP contribution in [0.25, 0.3) is 0 Å². The van der Waals surface area contributed by atoms with Gasteiger partial charge in [-0.05, 0) is 23.1 Å². The Kier molecular flexibility index (Phi) is 3.80. The zero-order chi connectivity index (χ0) is 14.0. The van der Waals surface area contributed by atoms with Gasteiger partial charge in [-0.2, -0.15) is 0 Å². The fourth-order valence-corrected chi connectivity index (χ4v) is 2.17. The SMILES string of the molecule is CC(C)(C)c1ccc(N2CCC(CN)OC2=O)cc1. The molecule has 1 aromatic carbocycles. The Labute approximate surface area is 114 Å².